The minimum absolute atomic E-state index is 0.0717. The summed E-state index contributed by atoms with van der Waals surface area (Å²) in [5, 5.41) is 23.3. The van der Waals surface area contributed by atoms with E-state index in [9.17, 15) is 19.8 Å². The molecule has 1 aliphatic heterocycles. The number of aliphatic hydroxyl groups is 1. The zero-order valence-electron chi connectivity index (χ0n) is 17.8. The van der Waals surface area contributed by atoms with Crippen LogP contribution >= 0.6 is 23.2 Å². The van der Waals surface area contributed by atoms with Gasteiger partial charge in [-0.3, -0.25) is 9.36 Å². The quantitative estimate of drug-likeness (QED) is 0.467. The van der Waals surface area contributed by atoms with E-state index in [-0.39, 0.29) is 40.0 Å². The third kappa shape index (κ3) is 3.70. The monoisotopic (exact) mass is 489 g/mol. The van der Waals surface area contributed by atoms with Crippen molar-refractivity contribution in [3.8, 4) is 0 Å². The van der Waals surface area contributed by atoms with Crippen LogP contribution in [0.1, 0.15) is 29.0 Å². The van der Waals surface area contributed by atoms with E-state index in [4.69, 9.17) is 28.2 Å². The third-order valence-electron chi connectivity index (χ3n) is 6.49. The minimum Gasteiger partial charge on any atom is -0.476 e. The standard InChI is InChI=1S/C22H21Cl2N5O4/c1-9(25-15-3-4-16(24)26-18(15)21(32)33)11-5-10(23)6-12-17(11)27-22(28(2)20(12)31)29-7-13-14(8-29)19(13)30/h3-6,9,13-14,19,25,30H,7-8H2,1-2H3,(H,32,33)/t9?,13-,14+,19?. The van der Waals surface area contributed by atoms with Gasteiger partial charge in [0.15, 0.2) is 5.69 Å². The van der Waals surface area contributed by atoms with Crippen LogP contribution in [0.2, 0.25) is 10.2 Å². The van der Waals surface area contributed by atoms with Gasteiger partial charge in [0.25, 0.3) is 5.56 Å². The predicted octanol–water partition coefficient (Wildman–Crippen LogP) is 2.93. The zero-order chi connectivity index (χ0) is 23.6. The maximum atomic E-state index is 13.2. The number of nitrogens with zero attached hydrogens (tertiary/aromatic N) is 4. The molecular formula is C22H21Cl2N5O4. The first-order valence-corrected chi connectivity index (χ1v) is 11.2. The van der Waals surface area contributed by atoms with Crippen LogP contribution in [0.5, 0.6) is 0 Å². The summed E-state index contributed by atoms with van der Waals surface area (Å²) < 4.78 is 1.50. The first-order chi connectivity index (χ1) is 15.7. The smallest absolute Gasteiger partial charge is 0.356 e. The Hall–Kier alpha value is -2.88. The number of aliphatic hydroxyl groups excluding tert-OH is 1. The van der Waals surface area contributed by atoms with Crippen molar-refractivity contribution >= 4 is 51.7 Å². The number of aromatic nitrogens is 3. The first kappa shape index (κ1) is 21.9. The molecule has 2 aliphatic rings. The molecule has 3 aromatic rings. The van der Waals surface area contributed by atoms with Crippen LogP contribution in [0.25, 0.3) is 10.9 Å². The number of pyridine rings is 1. The van der Waals surface area contributed by atoms with Crippen molar-refractivity contribution in [1.82, 2.24) is 14.5 Å². The van der Waals surface area contributed by atoms with Crippen molar-refractivity contribution < 1.29 is 15.0 Å². The van der Waals surface area contributed by atoms with Gasteiger partial charge in [0.2, 0.25) is 5.95 Å². The number of halogens is 2. The maximum absolute atomic E-state index is 13.2. The number of hydrogen-bond acceptors (Lipinski definition) is 7. The molecule has 11 heteroatoms. The Bertz CT molecular complexity index is 1350. The molecule has 9 nitrogen and oxygen atoms in total. The van der Waals surface area contributed by atoms with Crippen molar-refractivity contribution in [2.75, 3.05) is 23.3 Å². The van der Waals surface area contributed by atoms with E-state index < -0.39 is 12.0 Å². The second-order valence-electron chi connectivity index (χ2n) is 8.59. The SMILES string of the molecule is CC(Nc1ccc(Cl)nc1C(=O)O)c1cc(Cl)cc2c(=O)n(C)c(N3C[C@@H]4C(O)[C@@H]4C3)nc12. The Morgan fingerprint density at radius 3 is 2.58 bits per heavy atom. The number of fused-ring (bicyclic) bond motifs is 2. The molecule has 0 amide bonds. The number of carboxylic acids is 1. The number of benzene rings is 1. The fraction of sp³-hybridized carbons (Fsp3) is 0.364. The van der Waals surface area contributed by atoms with Crippen molar-refractivity contribution in [1.29, 1.82) is 0 Å². The number of carbonyl (C=O) groups is 1. The molecule has 172 valence electrons. The fourth-order valence-corrected chi connectivity index (χ4v) is 5.03. The topological polar surface area (TPSA) is 121 Å². The van der Waals surface area contributed by atoms with E-state index in [1.165, 1.54) is 10.6 Å². The Labute approximate surface area is 198 Å². The summed E-state index contributed by atoms with van der Waals surface area (Å²) in [6.45, 7) is 3.12. The van der Waals surface area contributed by atoms with Crippen LogP contribution in [-0.2, 0) is 7.05 Å². The number of rotatable bonds is 5. The van der Waals surface area contributed by atoms with Gasteiger partial charge in [-0.25, -0.2) is 14.8 Å². The lowest BCUT2D eigenvalue weighted by Crippen LogP contribution is -2.33. The summed E-state index contributed by atoms with van der Waals surface area (Å²) >= 11 is 12.2. The van der Waals surface area contributed by atoms with E-state index in [2.05, 4.69) is 10.3 Å². The van der Waals surface area contributed by atoms with Crippen LogP contribution in [0, 0.1) is 11.8 Å². The van der Waals surface area contributed by atoms with E-state index in [1.807, 2.05) is 11.8 Å². The van der Waals surface area contributed by atoms with Crippen LogP contribution in [-0.4, -0.2) is 49.9 Å². The summed E-state index contributed by atoms with van der Waals surface area (Å²) in [7, 11) is 1.67. The molecule has 1 aliphatic carbocycles. The second-order valence-corrected chi connectivity index (χ2v) is 9.42. The summed E-state index contributed by atoms with van der Waals surface area (Å²) in [4.78, 5) is 35.6. The number of anilines is 2. The average Bonchev–Trinajstić information content (AvgIpc) is 3.17. The molecule has 1 saturated carbocycles. The molecule has 2 aromatic heterocycles. The molecule has 0 radical (unpaired) electrons. The highest BCUT2D eigenvalue weighted by molar-refractivity contribution is 6.31. The molecule has 33 heavy (non-hydrogen) atoms. The van der Waals surface area contributed by atoms with Crippen LogP contribution < -0.4 is 15.8 Å². The van der Waals surface area contributed by atoms with Gasteiger partial charge in [0.1, 0.15) is 5.15 Å². The number of piperidine rings is 1. The van der Waals surface area contributed by atoms with Crippen molar-refractivity contribution in [3.63, 3.8) is 0 Å². The first-order valence-electron chi connectivity index (χ1n) is 10.4. The van der Waals surface area contributed by atoms with Crippen molar-refractivity contribution in [2.24, 2.45) is 18.9 Å². The average molecular weight is 490 g/mol. The largest absolute Gasteiger partial charge is 0.476 e. The lowest BCUT2D eigenvalue weighted by molar-refractivity contribution is 0.0691. The van der Waals surface area contributed by atoms with E-state index in [1.54, 1.807) is 25.2 Å². The predicted molar refractivity (Wildman–Crippen MR) is 125 cm³/mol. The highest BCUT2D eigenvalue weighted by atomic mass is 35.5. The fourth-order valence-electron chi connectivity index (χ4n) is 4.65. The molecule has 5 rings (SSSR count). The normalized spacial score (nSPS) is 22.3. The maximum Gasteiger partial charge on any atom is 0.356 e. The van der Waals surface area contributed by atoms with Crippen LogP contribution in [0.15, 0.2) is 29.1 Å². The highest BCUT2D eigenvalue weighted by Gasteiger charge is 2.55. The van der Waals surface area contributed by atoms with Gasteiger partial charge >= 0.3 is 5.97 Å². The molecule has 1 saturated heterocycles. The van der Waals surface area contributed by atoms with E-state index in [0.29, 0.717) is 40.5 Å². The van der Waals surface area contributed by atoms with Gasteiger partial charge in [-0.2, -0.15) is 0 Å². The Morgan fingerprint density at radius 2 is 1.91 bits per heavy atom. The lowest BCUT2D eigenvalue weighted by Gasteiger charge is -2.24. The molecule has 2 unspecified atom stereocenters. The summed E-state index contributed by atoms with van der Waals surface area (Å²) in [5.74, 6) is -0.251. The van der Waals surface area contributed by atoms with Crippen molar-refractivity contribution in [3.05, 3.63) is 56.1 Å². The Morgan fingerprint density at radius 1 is 1.21 bits per heavy atom. The second kappa shape index (κ2) is 7.86. The molecule has 0 spiro atoms. The molecule has 3 N–H and O–H groups in total. The molecule has 3 heterocycles. The highest BCUT2D eigenvalue weighted by Crippen LogP contribution is 2.46. The summed E-state index contributed by atoms with van der Waals surface area (Å²) in [5.41, 5.74) is 0.973. The van der Waals surface area contributed by atoms with E-state index >= 15 is 0 Å². The minimum atomic E-state index is -1.22. The molecular weight excluding hydrogens is 469 g/mol. The van der Waals surface area contributed by atoms with Gasteiger partial charge in [-0.15, -0.1) is 0 Å². The molecule has 1 aromatic carbocycles. The molecule has 0 bridgehead atoms. The third-order valence-corrected chi connectivity index (χ3v) is 6.91. The molecule has 4 atom stereocenters. The van der Waals surface area contributed by atoms with Crippen molar-refractivity contribution in [2.45, 2.75) is 19.1 Å². The number of hydrogen-bond donors (Lipinski definition) is 3. The van der Waals surface area contributed by atoms with Gasteiger partial charge < -0.3 is 20.4 Å². The van der Waals surface area contributed by atoms with Gasteiger partial charge in [-0.1, -0.05) is 23.2 Å². The zero-order valence-corrected chi connectivity index (χ0v) is 19.3. The van der Waals surface area contributed by atoms with Crippen LogP contribution in [0.3, 0.4) is 0 Å². The number of aromatic carboxylic acids is 1. The number of nitrogens with one attached hydrogen (secondary N) is 1. The lowest BCUT2D eigenvalue weighted by atomic mass is 10.0. The Balaban J connectivity index is 1.58. The van der Waals surface area contributed by atoms with Gasteiger partial charge in [0.05, 0.1) is 28.7 Å². The summed E-state index contributed by atoms with van der Waals surface area (Å²) in [6, 6.07) is 5.89. The Kier molecular flexibility index (Phi) is 5.23. The van der Waals surface area contributed by atoms with Gasteiger partial charge in [0, 0.05) is 42.6 Å². The van der Waals surface area contributed by atoms with Gasteiger partial charge in [-0.05, 0) is 31.2 Å². The summed E-state index contributed by atoms with van der Waals surface area (Å²) in [6.07, 6.45) is -0.270. The molecule has 2 fully saturated rings. The van der Waals surface area contributed by atoms with E-state index in [0.717, 1.165) is 0 Å². The van der Waals surface area contributed by atoms with Crippen LogP contribution in [0.4, 0.5) is 11.6 Å². The number of carboxylic acid groups (broad SMARTS) is 1.